The normalized spacial score (nSPS) is 20.5. The first-order valence-corrected chi connectivity index (χ1v) is 9.25. The molecular weight excluding hydrogens is 358 g/mol. The summed E-state index contributed by atoms with van der Waals surface area (Å²) >= 11 is 3.23. The Hall–Kier alpha value is -0.410. The fourth-order valence-electron chi connectivity index (χ4n) is 2.40. The summed E-state index contributed by atoms with van der Waals surface area (Å²) in [5.74, 6) is 0.616. The predicted octanol–water partition coefficient (Wildman–Crippen LogP) is 1.48. The molecule has 2 heterocycles. The van der Waals surface area contributed by atoms with Crippen LogP contribution in [0, 0.1) is 0 Å². The predicted molar refractivity (Wildman–Crippen MR) is 84.6 cm³/mol. The lowest BCUT2D eigenvalue weighted by atomic mass is 10.2. The third-order valence-corrected chi connectivity index (χ3v) is 6.45. The highest BCUT2D eigenvalue weighted by atomic mass is 79.9. The lowest BCUT2D eigenvalue weighted by Crippen LogP contribution is -2.34. The van der Waals surface area contributed by atoms with Crippen molar-refractivity contribution in [3.05, 3.63) is 16.5 Å². The van der Waals surface area contributed by atoms with Crippen LogP contribution in [-0.2, 0) is 16.6 Å². The van der Waals surface area contributed by atoms with E-state index in [1.54, 1.807) is 6.07 Å². The molecule has 0 aromatic carbocycles. The van der Waals surface area contributed by atoms with E-state index in [1.807, 2.05) is 21.0 Å². The largest absolute Gasteiger partial charge is 0.452 e. The molecule has 0 bridgehead atoms. The van der Waals surface area contributed by atoms with Crippen molar-refractivity contribution in [1.82, 2.24) is 14.5 Å². The van der Waals surface area contributed by atoms with Crippen molar-refractivity contribution in [3.8, 4) is 0 Å². The number of hydrogen-bond acceptors (Lipinski definition) is 5. The van der Waals surface area contributed by atoms with Crippen LogP contribution in [0.15, 0.2) is 20.0 Å². The van der Waals surface area contributed by atoms with Crippen LogP contribution in [0.1, 0.15) is 19.1 Å². The highest BCUT2D eigenvalue weighted by Crippen LogP contribution is 2.31. The Bertz CT molecular complexity index is 585. The van der Waals surface area contributed by atoms with E-state index in [1.165, 1.54) is 4.31 Å². The summed E-state index contributed by atoms with van der Waals surface area (Å²) in [6.45, 7) is 4.38. The molecule has 1 unspecified atom stereocenters. The standard InChI is InChI=1S/C13H22BrN3O3S/c1-4-15-8-11-7-12(13(14)20-11)21(18,19)17-6-5-10(9-17)16(2)3/h7,10,15H,4-6,8-9H2,1-3H3. The summed E-state index contributed by atoms with van der Waals surface area (Å²) in [4.78, 5) is 2.28. The van der Waals surface area contributed by atoms with Crippen LogP contribution in [-0.4, -0.2) is 57.4 Å². The van der Waals surface area contributed by atoms with Crippen molar-refractivity contribution < 1.29 is 12.8 Å². The quantitative estimate of drug-likeness (QED) is 0.810. The highest BCUT2D eigenvalue weighted by molar-refractivity contribution is 9.10. The number of nitrogens with zero attached hydrogens (tertiary/aromatic N) is 2. The number of rotatable bonds is 6. The Labute approximate surface area is 134 Å². The van der Waals surface area contributed by atoms with Crippen LogP contribution in [0.4, 0.5) is 0 Å². The van der Waals surface area contributed by atoms with E-state index < -0.39 is 10.0 Å². The van der Waals surface area contributed by atoms with Gasteiger partial charge in [-0.25, -0.2) is 8.42 Å². The Kier molecular flexibility index (Phi) is 5.48. The van der Waals surface area contributed by atoms with Crippen molar-refractivity contribution in [1.29, 1.82) is 0 Å². The monoisotopic (exact) mass is 379 g/mol. The average Bonchev–Trinajstić information content (AvgIpc) is 3.03. The molecule has 2 rings (SSSR count). The molecule has 8 heteroatoms. The van der Waals surface area contributed by atoms with Crippen LogP contribution >= 0.6 is 15.9 Å². The molecule has 1 aliphatic heterocycles. The van der Waals surface area contributed by atoms with Gasteiger partial charge >= 0.3 is 0 Å². The number of sulfonamides is 1. The lowest BCUT2D eigenvalue weighted by molar-refractivity contribution is 0.302. The Morgan fingerprint density at radius 2 is 2.24 bits per heavy atom. The zero-order valence-corrected chi connectivity index (χ0v) is 15.0. The Morgan fingerprint density at radius 3 is 2.81 bits per heavy atom. The molecule has 0 amide bonds. The highest BCUT2D eigenvalue weighted by Gasteiger charge is 2.35. The van der Waals surface area contributed by atoms with Gasteiger partial charge in [0.1, 0.15) is 10.7 Å². The van der Waals surface area contributed by atoms with Crippen LogP contribution in [0.25, 0.3) is 0 Å². The van der Waals surface area contributed by atoms with Gasteiger partial charge in [0.05, 0.1) is 6.54 Å². The molecule has 1 fully saturated rings. The van der Waals surface area contributed by atoms with E-state index >= 15 is 0 Å². The Balaban J connectivity index is 2.18. The molecule has 1 aromatic rings. The Morgan fingerprint density at radius 1 is 1.52 bits per heavy atom. The van der Waals surface area contributed by atoms with Gasteiger partial charge in [-0.1, -0.05) is 6.92 Å². The van der Waals surface area contributed by atoms with Gasteiger partial charge in [0.15, 0.2) is 4.67 Å². The van der Waals surface area contributed by atoms with E-state index in [4.69, 9.17) is 4.42 Å². The molecule has 0 radical (unpaired) electrons. The van der Waals surface area contributed by atoms with Gasteiger partial charge in [-0.15, -0.1) is 0 Å². The molecule has 0 spiro atoms. The lowest BCUT2D eigenvalue weighted by Gasteiger charge is -2.19. The topological polar surface area (TPSA) is 65.8 Å². The summed E-state index contributed by atoms with van der Waals surface area (Å²) < 4.78 is 32.7. The minimum absolute atomic E-state index is 0.217. The van der Waals surface area contributed by atoms with Crippen LogP contribution < -0.4 is 5.32 Å². The molecule has 1 aliphatic rings. The van der Waals surface area contributed by atoms with Crippen molar-refractivity contribution in [3.63, 3.8) is 0 Å². The molecule has 21 heavy (non-hydrogen) atoms. The summed E-state index contributed by atoms with van der Waals surface area (Å²) in [5, 5.41) is 3.12. The molecule has 6 nitrogen and oxygen atoms in total. The fourth-order valence-corrected chi connectivity index (χ4v) is 4.85. The minimum Gasteiger partial charge on any atom is -0.452 e. The van der Waals surface area contributed by atoms with Crippen LogP contribution in [0.2, 0.25) is 0 Å². The summed E-state index contributed by atoms with van der Waals surface area (Å²) in [6, 6.07) is 1.87. The molecule has 0 aliphatic carbocycles. The molecule has 1 atom stereocenters. The van der Waals surface area contributed by atoms with E-state index in [2.05, 4.69) is 26.1 Å². The maximum Gasteiger partial charge on any atom is 0.247 e. The minimum atomic E-state index is -3.50. The molecular formula is C13H22BrN3O3S. The third kappa shape index (κ3) is 3.68. The average molecular weight is 380 g/mol. The first-order valence-electron chi connectivity index (χ1n) is 7.01. The smallest absolute Gasteiger partial charge is 0.247 e. The van der Waals surface area contributed by atoms with Gasteiger partial charge in [-0.3, -0.25) is 0 Å². The second-order valence-corrected chi connectivity index (χ2v) is 8.03. The van der Waals surface area contributed by atoms with Gasteiger partial charge in [-0.05, 0) is 43.0 Å². The van der Waals surface area contributed by atoms with Crippen LogP contribution in [0.5, 0.6) is 0 Å². The van der Waals surface area contributed by atoms with Gasteiger partial charge in [0.2, 0.25) is 10.0 Å². The van der Waals surface area contributed by atoms with Crippen molar-refractivity contribution >= 4 is 26.0 Å². The molecule has 120 valence electrons. The van der Waals surface area contributed by atoms with Gasteiger partial charge in [-0.2, -0.15) is 4.31 Å². The molecule has 1 saturated heterocycles. The van der Waals surface area contributed by atoms with Gasteiger partial charge in [0, 0.05) is 25.2 Å². The maximum absolute atomic E-state index is 12.7. The zero-order valence-electron chi connectivity index (χ0n) is 12.6. The first kappa shape index (κ1) is 17.0. The number of halogens is 1. The number of furan rings is 1. The van der Waals surface area contributed by atoms with Gasteiger partial charge < -0.3 is 14.6 Å². The van der Waals surface area contributed by atoms with E-state index in [0.717, 1.165) is 13.0 Å². The maximum atomic E-state index is 12.7. The molecule has 1 N–H and O–H groups in total. The second kappa shape index (κ2) is 6.78. The number of hydrogen-bond donors (Lipinski definition) is 1. The number of likely N-dealkylation sites (N-methyl/N-ethyl adjacent to an activating group) is 1. The summed E-state index contributed by atoms with van der Waals surface area (Å²) in [7, 11) is 0.449. The van der Waals surface area contributed by atoms with Crippen molar-refractivity contribution in [2.75, 3.05) is 33.7 Å². The molecule has 1 aromatic heterocycles. The van der Waals surface area contributed by atoms with Crippen molar-refractivity contribution in [2.45, 2.75) is 30.8 Å². The zero-order chi connectivity index (χ0) is 15.6. The number of nitrogens with one attached hydrogen (secondary N) is 1. The fraction of sp³-hybridized carbons (Fsp3) is 0.692. The third-order valence-electron chi connectivity index (χ3n) is 3.73. The second-order valence-electron chi connectivity index (χ2n) is 5.40. The molecule has 0 saturated carbocycles. The van der Waals surface area contributed by atoms with E-state index in [-0.39, 0.29) is 15.6 Å². The summed E-state index contributed by atoms with van der Waals surface area (Å²) in [6.07, 6.45) is 0.853. The SMILES string of the molecule is CCNCc1cc(S(=O)(=O)N2CCC(N(C)C)C2)c(Br)o1. The summed E-state index contributed by atoms with van der Waals surface area (Å²) in [5.41, 5.74) is 0. The van der Waals surface area contributed by atoms with E-state index in [9.17, 15) is 8.42 Å². The van der Waals surface area contributed by atoms with Crippen LogP contribution in [0.3, 0.4) is 0 Å². The first-order chi connectivity index (χ1) is 9.86. The van der Waals surface area contributed by atoms with Gasteiger partial charge in [0.25, 0.3) is 0 Å². The van der Waals surface area contributed by atoms with E-state index in [0.29, 0.717) is 25.4 Å². The van der Waals surface area contributed by atoms with Crippen molar-refractivity contribution in [2.24, 2.45) is 0 Å².